The summed E-state index contributed by atoms with van der Waals surface area (Å²) in [4.78, 5) is 79.9. The first-order chi connectivity index (χ1) is 26.7. The molecule has 0 saturated carbocycles. The summed E-state index contributed by atoms with van der Waals surface area (Å²) in [6.07, 6.45) is 2.96. The number of nitrogens with one attached hydrogen (secondary N) is 2. The number of nitrogens with two attached hydrogens (primary N) is 1. The third-order valence-electron chi connectivity index (χ3n) is 9.49. The molecule has 3 amide bonds. The zero-order valence-corrected chi connectivity index (χ0v) is 32.4. The van der Waals surface area contributed by atoms with Crippen molar-refractivity contribution < 1.29 is 47.7 Å². The third kappa shape index (κ3) is 11.5. The molecule has 296 valence electrons. The van der Waals surface area contributed by atoms with Gasteiger partial charge in [-0.05, 0) is 55.9 Å². The Morgan fingerprint density at radius 2 is 1.57 bits per heavy atom. The minimum absolute atomic E-state index is 0.00494. The maximum absolute atomic E-state index is 14.1. The van der Waals surface area contributed by atoms with E-state index in [0.717, 1.165) is 11.6 Å². The van der Waals surface area contributed by atoms with Gasteiger partial charge in [-0.1, -0.05) is 86.7 Å². The SMILES string of the molecule is COC1/C=C\C=C(/C)C(=O)NC2=CC(=O)C(NC(=O)c3ccccc3)=C(C[C@@H](C)C[C@H](OC)C(OC(=O)Cc3ccccc3)[C@@H](C)/C=C(\C)[C@@H]1OC(N)=O)C2=O. The van der Waals surface area contributed by atoms with Gasteiger partial charge in [0.05, 0.1) is 23.9 Å². The molecule has 13 heteroatoms. The van der Waals surface area contributed by atoms with Gasteiger partial charge >= 0.3 is 12.1 Å². The Morgan fingerprint density at radius 3 is 2.20 bits per heavy atom. The molecule has 0 fully saturated rings. The lowest BCUT2D eigenvalue weighted by molar-refractivity contribution is -0.159. The zero-order chi connectivity index (χ0) is 40.9. The molecule has 0 radical (unpaired) electrons. The normalized spacial score (nSPS) is 26.4. The molecule has 6 atom stereocenters. The molecule has 2 bridgehead atoms. The van der Waals surface area contributed by atoms with E-state index in [4.69, 9.17) is 24.7 Å². The standard InChI is InChI=1S/C43H49N3O10/c1-25-20-31-37(46-42(51)30-17-11-8-12-18-30)33(47)24-32(38(31)49)45-41(50)26(2)14-13-19-34(53-5)39(56-43(44)52)27(3)22-28(4)40(35(21-25)54-6)55-36(48)23-29-15-9-7-10-16-29/h7-19,22,24-25,28,34-35,39-40H,20-21,23H2,1-6H3,(H2,44,52)(H,45,50)(H,46,51)/b19-13-,26-14+,27-22+/t25-,28+,34?,35+,39+,40?/m1/s1. The molecule has 2 aromatic rings. The highest BCUT2D eigenvalue weighted by atomic mass is 16.6. The van der Waals surface area contributed by atoms with Crippen LogP contribution in [0.3, 0.4) is 0 Å². The predicted molar refractivity (Wildman–Crippen MR) is 207 cm³/mol. The minimum atomic E-state index is -1.04. The van der Waals surface area contributed by atoms with Gasteiger partial charge in [0.25, 0.3) is 11.8 Å². The summed E-state index contributed by atoms with van der Waals surface area (Å²) in [5.74, 6) is -4.02. The highest BCUT2D eigenvalue weighted by Crippen LogP contribution is 2.30. The number of carbonyl (C=O) groups is 6. The number of methoxy groups -OCH3 is 2. The Hall–Kier alpha value is -5.92. The van der Waals surface area contributed by atoms with Crippen LogP contribution in [-0.4, -0.2) is 74.1 Å². The molecule has 2 aromatic carbocycles. The van der Waals surface area contributed by atoms with Crippen LogP contribution < -0.4 is 16.4 Å². The number of amides is 3. The zero-order valence-electron chi connectivity index (χ0n) is 32.4. The summed E-state index contributed by atoms with van der Waals surface area (Å²) in [5, 5.41) is 5.18. The van der Waals surface area contributed by atoms with Gasteiger partial charge in [0.2, 0.25) is 11.6 Å². The van der Waals surface area contributed by atoms with Crippen molar-refractivity contribution in [3.63, 3.8) is 0 Å². The van der Waals surface area contributed by atoms with Gasteiger partial charge in [0, 0.05) is 42.9 Å². The van der Waals surface area contributed by atoms with E-state index < -0.39 is 71.7 Å². The summed E-state index contributed by atoms with van der Waals surface area (Å²) in [6.45, 7) is 6.89. The van der Waals surface area contributed by atoms with Crippen LogP contribution in [0.2, 0.25) is 0 Å². The average Bonchev–Trinajstić information content (AvgIpc) is 3.17. The molecule has 1 aliphatic heterocycles. The molecule has 56 heavy (non-hydrogen) atoms. The number of ether oxygens (including phenoxy) is 4. The molecule has 2 aliphatic rings. The second-order valence-electron chi connectivity index (χ2n) is 13.9. The largest absolute Gasteiger partial charge is 0.459 e. The van der Waals surface area contributed by atoms with Crippen LogP contribution in [0.1, 0.15) is 56.5 Å². The molecule has 0 aromatic heterocycles. The van der Waals surface area contributed by atoms with Gasteiger partial charge in [-0.25, -0.2) is 4.79 Å². The van der Waals surface area contributed by atoms with E-state index in [1.165, 1.54) is 33.3 Å². The van der Waals surface area contributed by atoms with Crippen LogP contribution in [-0.2, 0) is 44.5 Å². The van der Waals surface area contributed by atoms with Gasteiger partial charge in [-0.2, -0.15) is 0 Å². The van der Waals surface area contributed by atoms with Crippen molar-refractivity contribution >= 4 is 35.4 Å². The third-order valence-corrected chi connectivity index (χ3v) is 9.49. The maximum atomic E-state index is 14.1. The molecule has 0 spiro atoms. The number of primary amides is 1. The lowest BCUT2D eigenvalue weighted by atomic mass is 9.85. The molecule has 1 heterocycles. The van der Waals surface area contributed by atoms with Crippen LogP contribution >= 0.6 is 0 Å². The van der Waals surface area contributed by atoms with Gasteiger partial charge in [0.1, 0.15) is 12.2 Å². The van der Waals surface area contributed by atoms with Crippen LogP contribution in [0.15, 0.2) is 119 Å². The number of fused-ring (bicyclic) bond motifs is 2. The van der Waals surface area contributed by atoms with E-state index >= 15 is 0 Å². The van der Waals surface area contributed by atoms with E-state index in [1.807, 2.05) is 44.2 Å². The Labute approximate surface area is 326 Å². The summed E-state index contributed by atoms with van der Waals surface area (Å²) >= 11 is 0. The number of ketones is 2. The molecule has 4 rings (SSSR count). The van der Waals surface area contributed by atoms with E-state index in [-0.39, 0.29) is 47.4 Å². The Balaban J connectivity index is 1.81. The molecular formula is C43H49N3O10. The monoisotopic (exact) mass is 767 g/mol. The molecule has 0 saturated heterocycles. The second kappa shape index (κ2) is 20.1. The lowest BCUT2D eigenvalue weighted by Gasteiger charge is -2.32. The van der Waals surface area contributed by atoms with Gasteiger partial charge in [-0.15, -0.1) is 0 Å². The fourth-order valence-electron chi connectivity index (χ4n) is 6.62. The van der Waals surface area contributed by atoms with Crippen molar-refractivity contribution in [1.82, 2.24) is 10.6 Å². The van der Waals surface area contributed by atoms with Crippen LogP contribution in [0.25, 0.3) is 0 Å². The maximum Gasteiger partial charge on any atom is 0.405 e. The minimum Gasteiger partial charge on any atom is -0.459 e. The number of benzene rings is 2. The summed E-state index contributed by atoms with van der Waals surface area (Å²) in [6, 6.07) is 17.3. The lowest BCUT2D eigenvalue weighted by Crippen LogP contribution is -2.40. The molecule has 2 unspecified atom stereocenters. The first-order valence-corrected chi connectivity index (χ1v) is 18.2. The molecule has 1 aliphatic carbocycles. The number of allylic oxidation sites excluding steroid dienone is 4. The van der Waals surface area contributed by atoms with Crippen molar-refractivity contribution in [1.29, 1.82) is 0 Å². The smallest absolute Gasteiger partial charge is 0.405 e. The van der Waals surface area contributed by atoms with Crippen LogP contribution in [0.5, 0.6) is 0 Å². The highest BCUT2D eigenvalue weighted by Gasteiger charge is 2.36. The topological polar surface area (TPSA) is 189 Å². The number of hydrogen-bond acceptors (Lipinski definition) is 10. The van der Waals surface area contributed by atoms with Crippen molar-refractivity contribution in [3.8, 4) is 0 Å². The fraction of sp³-hybridized carbons (Fsp3) is 0.349. The molecule has 4 N–H and O–H groups in total. The van der Waals surface area contributed by atoms with Crippen molar-refractivity contribution in [2.75, 3.05) is 14.2 Å². The van der Waals surface area contributed by atoms with Gasteiger partial charge in [-0.3, -0.25) is 24.0 Å². The fourth-order valence-corrected chi connectivity index (χ4v) is 6.62. The summed E-state index contributed by atoms with van der Waals surface area (Å²) < 4.78 is 23.3. The molecule has 13 nitrogen and oxygen atoms in total. The van der Waals surface area contributed by atoms with Crippen molar-refractivity contribution in [2.45, 2.75) is 71.4 Å². The number of Topliss-reactive ketones (excluding diaryl/α,β-unsaturated/α-hetero) is 1. The highest BCUT2D eigenvalue weighted by molar-refractivity contribution is 6.24. The Kier molecular flexibility index (Phi) is 15.4. The summed E-state index contributed by atoms with van der Waals surface area (Å²) in [7, 11) is 2.89. The number of carbonyl (C=O) groups excluding carboxylic acids is 6. The second-order valence-corrected chi connectivity index (χ2v) is 13.9. The van der Waals surface area contributed by atoms with Crippen molar-refractivity contribution in [2.24, 2.45) is 17.6 Å². The van der Waals surface area contributed by atoms with E-state index in [9.17, 15) is 28.8 Å². The quantitative estimate of drug-likeness (QED) is 0.188. The van der Waals surface area contributed by atoms with Crippen LogP contribution in [0, 0.1) is 11.8 Å². The predicted octanol–water partition coefficient (Wildman–Crippen LogP) is 4.99. The average molecular weight is 768 g/mol. The Bertz CT molecular complexity index is 1950. The van der Waals surface area contributed by atoms with E-state index in [0.29, 0.717) is 5.57 Å². The van der Waals surface area contributed by atoms with E-state index in [2.05, 4.69) is 10.6 Å². The Morgan fingerprint density at radius 1 is 0.911 bits per heavy atom. The van der Waals surface area contributed by atoms with Gasteiger partial charge < -0.3 is 35.3 Å². The van der Waals surface area contributed by atoms with Crippen molar-refractivity contribution in [3.05, 3.63) is 130 Å². The number of esters is 1. The van der Waals surface area contributed by atoms with Crippen LogP contribution in [0.4, 0.5) is 4.79 Å². The summed E-state index contributed by atoms with van der Waals surface area (Å²) in [5.41, 5.74) is 6.74. The van der Waals surface area contributed by atoms with E-state index in [1.54, 1.807) is 49.4 Å². The first kappa shape index (κ1) is 42.8. The number of rotatable bonds is 8. The molecular weight excluding hydrogens is 718 g/mol. The first-order valence-electron chi connectivity index (χ1n) is 18.2. The van der Waals surface area contributed by atoms with Gasteiger partial charge in [0.15, 0.2) is 6.10 Å². The number of hydrogen-bond donors (Lipinski definition) is 3.